The third kappa shape index (κ3) is 4.28. The van der Waals surface area contributed by atoms with E-state index in [9.17, 15) is 0 Å². The Labute approximate surface area is 96.1 Å². The van der Waals surface area contributed by atoms with Gasteiger partial charge in [0.1, 0.15) is 0 Å². The Kier molecular flexibility index (Phi) is 4.25. The number of hydrazine groups is 1. The lowest BCUT2D eigenvalue weighted by Crippen LogP contribution is -2.29. The maximum Gasteiger partial charge on any atom is 0.0898 e. The van der Waals surface area contributed by atoms with Crippen LogP contribution in [-0.2, 0) is 0 Å². The number of rotatable bonds is 4. The van der Waals surface area contributed by atoms with Crippen LogP contribution < -0.4 is 11.3 Å². The molecule has 0 amide bonds. The Hall–Kier alpha value is -0.450. The van der Waals surface area contributed by atoms with Gasteiger partial charge in [0.2, 0.25) is 0 Å². The molecule has 1 aromatic rings. The Morgan fingerprint density at radius 3 is 2.60 bits per heavy atom. The Morgan fingerprint density at radius 2 is 2.20 bits per heavy atom. The maximum atomic E-state index is 5.56. The quantitative estimate of drug-likeness (QED) is 0.614. The second kappa shape index (κ2) is 5.05. The maximum absolute atomic E-state index is 5.56. The van der Waals surface area contributed by atoms with Crippen molar-refractivity contribution >= 4 is 11.3 Å². The van der Waals surface area contributed by atoms with Gasteiger partial charge in [0.15, 0.2) is 0 Å². The van der Waals surface area contributed by atoms with E-state index >= 15 is 0 Å². The van der Waals surface area contributed by atoms with E-state index in [0.717, 1.165) is 23.5 Å². The van der Waals surface area contributed by atoms with Gasteiger partial charge in [-0.1, -0.05) is 20.8 Å². The molecule has 1 unspecified atom stereocenters. The molecule has 0 aliphatic carbocycles. The molecule has 0 radical (unpaired) electrons. The molecule has 3 N–H and O–H groups in total. The van der Waals surface area contributed by atoms with Gasteiger partial charge in [-0.25, -0.2) is 4.98 Å². The van der Waals surface area contributed by atoms with Crippen LogP contribution in [0.15, 0.2) is 5.38 Å². The fourth-order valence-electron chi connectivity index (χ4n) is 1.43. The van der Waals surface area contributed by atoms with Crippen molar-refractivity contribution in [2.45, 2.75) is 46.6 Å². The molecule has 0 saturated carbocycles. The van der Waals surface area contributed by atoms with Crippen molar-refractivity contribution in [2.75, 3.05) is 0 Å². The predicted molar refractivity (Wildman–Crippen MR) is 65.6 cm³/mol. The van der Waals surface area contributed by atoms with E-state index in [4.69, 9.17) is 5.84 Å². The second-order valence-electron chi connectivity index (χ2n) is 5.11. The summed E-state index contributed by atoms with van der Waals surface area (Å²) in [5, 5.41) is 3.18. The first-order chi connectivity index (χ1) is 6.92. The summed E-state index contributed by atoms with van der Waals surface area (Å²) in [7, 11) is 0. The lowest BCUT2D eigenvalue weighted by atomic mass is 9.88. The van der Waals surface area contributed by atoms with E-state index in [1.165, 1.54) is 0 Å². The van der Waals surface area contributed by atoms with Crippen molar-refractivity contribution in [3.8, 4) is 0 Å². The summed E-state index contributed by atoms with van der Waals surface area (Å²) in [4.78, 5) is 4.46. The fourth-order valence-corrected chi connectivity index (χ4v) is 2.10. The molecular weight excluding hydrogens is 206 g/mol. The van der Waals surface area contributed by atoms with Gasteiger partial charge < -0.3 is 0 Å². The van der Waals surface area contributed by atoms with Crippen LogP contribution in [0.4, 0.5) is 0 Å². The molecular formula is C11H21N3S. The summed E-state index contributed by atoms with van der Waals surface area (Å²) in [5.41, 5.74) is 4.27. The van der Waals surface area contributed by atoms with Gasteiger partial charge in [-0.15, -0.1) is 11.3 Å². The molecule has 0 bridgehead atoms. The van der Waals surface area contributed by atoms with Crippen molar-refractivity contribution in [1.29, 1.82) is 0 Å². The summed E-state index contributed by atoms with van der Waals surface area (Å²) >= 11 is 1.67. The normalized spacial score (nSPS) is 14.2. The number of aryl methyl sites for hydroxylation is 1. The fraction of sp³-hybridized carbons (Fsp3) is 0.727. The molecule has 86 valence electrons. The first-order valence-corrected chi connectivity index (χ1v) is 6.18. The van der Waals surface area contributed by atoms with Crippen molar-refractivity contribution in [1.82, 2.24) is 10.4 Å². The van der Waals surface area contributed by atoms with Crippen LogP contribution in [0.5, 0.6) is 0 Å². The highest BCUT2D eigenvalue weighted by atomic mass is 32.1. The topological polar surface area (TPSA) is 50.9 Å². The second-order valence-corrected chi connectivity index (χ2v) is 6.17. The highest BCUT2D eigenvalue weighted by molar-refractivity contribution is 7.09. The van der Waals surface area contributed by atoms with E-state index in [-0.39, 0.29) is 6.04 Å². The van der Waals surface area contributed by atoms with Crippen LogP contribution in [0, 0.1) is 12.3 Å². The van der Waals surface area contributed by atoms with Gasteiger partial charge in [-0.05, 0) is 25.2 Å². The van der Waals surface area contributed by atoms with Crippen LogP contribution in [0.2, 0.25) is 0 Å². The van der Waals surface area contributed by atoms with E-state index in [2.05, 4.69) is 36.6 Å². The number of nitrogens with two attached hydrogens (primary N) is 1. The largest absolute Gasteiger partial charge is 0.271 e. The SMILES string of the molecule is Cc1nc(C(CCC(C)(C)C)NN)cs1. The van der Waals surface area contributed by atoms with Crippen LogP contribution >= 0.6 is 11.3 Å². The van der Waals surface area contributed by atoms with Gasteiger partial charge in [0.25, 0.3) is 0 Å². The molecule has 0 spiro atoms. The lowest BCUT2D eigenvalue weighted by molar-refractivity contribution is 0.331. The third-order valence-corrected chi connectivity index (χ3v) is 3.17. The molecule has 0 saturated heterocycles. The van der Waals surface area contributed by atoms with Crippen LogP contribution in [0.1, 0.15) is 50.4 Å². The first-order valence-electron chi connectivity index (χ1n) is 5.30. The summed E-state index contributed by atoms with van der Waals surface area (Å²) in [6.07, 6.45) is 2.17. The highest BCUT2D eigenvalue weighted by Crippen LogP contribution is 2.27. The van der Waals surface area contributed by atoms with E-state index in [1.54, 1.807) is 11.3 Å². The van der Waals surface area contributed by atoms with Crippen LogP contribution in [-0.4, -0.2) is 4.98 Å². The average Bonchev–Trinajstić information content (AvgIpc) is 2.51. The minimum Gasteiger partial charge on any atom is -0.271 e. The molecule has 0 aromatic carbocycles. The van der Waals surface area contributed by atoms with Gasteiger partial charge in [0.05, 0.1) is 16.7 Å². The highest BCUT2D eigenvalue weighted by Gasteiger charge is 2.17. The Balaban J connectivity index is 2.57. The summed E-state index contributed by atoms with van der Waals surface area (Å²) in [5.74, 6) is 5.56. The van der Waals surface area contributed by atoms with Crippen molar-refractivity contribution < 1.29 is 0 Å². The standard InChI is InChI=1S/C11H21N3S/c1-8-13-10(7-15-8)9(14-12)5-6-11(2,3)4/h7,9,14H,5-6,12H2,1-4H3. The smallest absolute Gasteiger partial charge is 0.0898 e. The minimum atomic E-state index is 0.189. The monoisotopic (exact) mass is 227 g/mol. The van der Waals surface area contributed by atoms with E-state index in [0.29, 0.717) is 5.41 Å². The Morgan fingerprint density at radius 1 is 1.53 bits per heavy atom. The first kappa shape index (κ1) is 12.6. The number of hydrogen-bond acceptors (Lipinski definition) is 4. The summed E-state index contributed by atoms with van der Waals surface area (Å²) < 4.78 is 0. The number of nitrogens with one attached hydrogen (secondary N) is 1. The molecule has 1 aromatic heterocycles. The molecule has 15 heavy (non-hydrogen) atoms. The van der Waals surface area contributed by atoms with Crippen LogP contribution in [0.3, 0.4) is 0 Å². The zero-order valence-electron chi connectivity index (χ0n) is 10.0. The molecule has 0 aliphatic heterocycles. The van der Waals surface area contributed by atoms with E-state index < -0.39 is 0 Å². The lowest BCUT2D eigenvalue weighted by Gasteiger charge is -2.21. The molecule has 0 aliphatic rings. The number of aromatic nitrogens is 1. The van der Waals surface area contributed by atoms with Crippen molar-refractivity contribution in [2.24, 2.45) is 11.3 Å². The zero-order valence-corrected chi connectivity index (χ0v) is 10.8. The molecule has 3 nitrogen and oxygen atoms in total. The van der Waals surface area contributed by atoms with Gasteiger partial charge >= 0.3 is 0 Å². The zero-order chi connectivity index (χ0) is 11.5. The Bertz CT molecular complexity index is 301. The number of thiazole rings is 1. The van der Waals surface area contributed by atoms with Crippen LogP contribution in [0.25, 0.3) is 0 Å². The molecule has 0 fully saturated rings. The van der Waals surface area contributed by atoms with E-state index in [1.807, 2.05) is 6.92 Å². The molecule has 1 rings (SSSR count). The van der Waals surface area contributed by atoms with Crippen molar-refractivity contribution in [3.63, 3.8) is 0 Å². The van der Waals surface area contributed by atoms with Gasteiger partial charge in [-0.3, -0.25) is 11.3 Å². The number of nitrogens with zero attached hydrogens (tertiary/aromatic N) is 1. The van der Waals surface area contributed by atoms with Gasteiger partial charge in [0, 0.05) is 5.38 Å². The molecule has 1 atom stereocenters. The average molecular weight is 227 g/mol. The molecule has 4 heteroatoms. The summed E-state index contributed by atoms with van der Waals surface area (Å²) in [6.45, 7) is 8.75. The number of hydrogen-bond donors (Lipinski definition) is 2. The third-order valence-electron chi connectivity index (χ3n) is 2.38. The summed E-state index contributed by atoms with van der Waals surface area (Å²) in [6, 6.07) is 0.189. The molecule has 1 heterocycles. The minimum absolute atomic E-state index is 0.189. The predicted octanol–water partition coefficient (Wildman–Crippen LogP) is 2.78. The van der Waals surface area contributed by atoms with Gasteiger partial charge in [-0.2, -0.15) is 0 Å². The van der Waals surface area contributed by atoms with Crippen molar-refractivity contribution in [3.05, 3.63) is 16.1 Å².